The molecule has 0 aromatic heterocycles. The normalized spacial score (nSPS) is 14.7. The van der Waals surface area contributed by atoms with Gasteiger partial charge in [-0.3, -0.25) is 4.79 Å². The van der Waals surface area contributed by atoms with Gasteiger partial charge in [0.2, 0.25) is 5.91 Å². The van der Waals surface area contributed by atoms with Crippen LogP contribution in [0.1, 0.15) is 32.4 Å². The van der Waals surface area contributed by atoms with Gasteiger partial charge in [0.25, 0.3) is 0 Å². The van der Waals surface area contributed by atoms with Crippen LogP contribution in [0, 0.1) is 11.3 Å². The average molecular weight is 277 g/mol. The van der Waals surface area contributed by atoms with Gasteiger partial charge in [0.05, 0.1) is 5.92 Å². The maximum absolute atomic E-state index is 12.5. The highest BCUT2D eigenvalue weighted by atomic mass is 16.2. The molecular formula is C16H27N3O. The van der Waals surface area contributed by atoms with E-state index in [0.717, 1.165) is 5.56 Å². The van der Waals surface area contributed by atoms with Crippen molar-refractivity contribution in [2.45, 2.75) is 26.8 Å². The fraction of sp³-hybridized carbons (Fsp3) is 0.562. The van der Waals surface area contributed by atoms with Crippen molar-refractivity contribution in [2.75, 3.05) is 20.1 Å². The Balaban J connectivity index is 2.71. The van der Waals surface area contributed by atoms with E-state index in [9.17, 15) is 4.79 Å². The minimum absolute atomic E-state index is 0.0582. The van der Waals surface area contributed by atoms with E-state index in [-0.39, 0.29) is 23.3 Å². The van der Waals surface area contributed by atoms with Crippen molar-refractivity contribution in [1.29, 1.82) is 0 Å². The predicted molar refractivity (Wildman–Crippen MR) is 83.0 cm³/mol. The van der Waals surface area contributed by atoms with E-state index in [2.05, 4.69) is 13.8 Å². The fourth-order valence-corrected chi connectivity index (χ4v) is 2.25. The second kappa shape index (κ2) is 6.86. The molecule has 0 fully saturated rings. The number of nitrogens with zero attached hydrogens (tertiary/aromatic N) is 1. The van der Waals surface area contributed by atoms with Crippen LogP contribution in [0.2, 0.25) is 0 Å². The molecule has 1 aromatic rings. The van der Waals surface area contributed by atoms with Crippen LogP contribution >= 0.6 is 0 Å². The molecule has 0 heterocycles. The maximum atomic E-state index is 12.5. The van der Waals surface area contributed by atoms with Gasteiger partial charge in [-0.2, -0.15) is 0 Å². The quantitative estimate of drug-likeness (QED) is 0.832. The molecule has 0 aliphatic heterocycles. The van der Waals surface area contributed by atoms with Crippen LogP contribution in [0.5, 0.6) is 0 Å². The first-order chi connectivity index (χ1) is 9.28. The summed E-state index contributed by atoms with van der Waals surface area (Å²) in [4.78, 5) is 14.2. The standard InChI is InChI=1S/C16H27N3O/c1-12(14(18)13-8-6-5-7-9-13)15(20)19(4)11-16(2,3)10-17/h5-9,12,14H,10-11,17-18H2,1-4H3. The summed E-state index contributed by atoms with van der Waals surface area (Å²) in [5.41, 5.74) is 12.8. The van der Waals surface area contributed by atoms with Crippen LogP contribution in [0.15, 0.2) is 30.3 Å². The molecule has 0 aliphatic carbocycles. The first-order valence-corrected chi connectivity index (χ1v) is 7.04. The van der Waals surface area contributed by atoms with Gasteiger partial charge in [0.1, 0.15) is 0 Å². The lowest BCUT2D eigenvalue weighted by atomic mass is 9.91. The van der Waals surface area contributed by atoms with Crippen LogP contribution in [-0.2, 0) is 4.79 Å². The van der Waals surface area contributed by atoms with Gasteiger partial charge < -0.3 is 16.4 Å². The molecule has 0 saturated heterocycles. The molecular weight excluding hydrogens is 250 g/mol. The Labute approximate surface area is 122 Å². The Hall–Kier alpha value is -1.39. The summed E-state index contributed by atoms with van der Waals surface area (Å²) in [7, 11) is 1.81. The first kappa shape index (κ1) is 16.7. The van der Waals surface area contributed by atoms with Crippen LogP contribution < -0.4 is 11.5 Å². The van der Waals surface area contributed by atoms with Gasteiger partial charge in [-0.05, 0) is 17.5 Å². The molecule has 0 aliphatic rings. The molecule has 0 saturated carbocycles. The highest BCUT2D eigenvalue weighted by molar-refractivity contribution is 5.79. The minimum Gasteiger partial charge on any atom is -0.345 e. The van der Waals surface area contributed by atoms with Gasteiger partial charge in [-0.25, -0.2) is 0 Å². The van der Waals surface area contributed by atoms with Crippen molar-refractivity contribution in [3.05, 3.63) is 35.9 Å². The summed E-state index contributed by atoms with van der Waals surface area (Å²) in [6.07, 6.45) is 0. The number of rotatable bonds is 6. The van der Waals surface area contributed by atoms with Gasteiger partial charge in [0, 0.05) is 19.6 Å². The predicted octanol–water partition coefficient (Wildman–Crippen LogP) is 1.77. The van der Waals surface area contributed by atoms with Crippen molar-refractivity contribution in [1.82, 2.24) is 4.90 Å². The lowest BCUT2D eigenvalue weighted by Gasteiger charge is -2.32. The van der Waals surface area contributed by atoms with Gasteiger partial charge in [0.15, 0.2) is 0 Å². The summed E-state index contributed by atoms with van der Waals surface area (Å²) in [5.74, 6) is -0.196. The molecule has 0 radical (unpaired) electrons. The molecule has 4 heteroatoms. The van der Waals surface area contributed by atoms with Crippen molar-refractivity contribution in [2.24, 2.45) is 22.8 Å². The molecule has 4 N–H and O–H groups in total. The van der Waals surface area contributed by atoms with Gasteiger partial charge in [-0.15, -0.1) is 0 Å². The lowest BCUT2D eigenvalue weighted by molar-refractivity contribution is -0.135. The number of carbonyl (C=O) groups is 1. The summed E-state index contributed by atoms with van der Waals surface area (Å²) >= 11 is 0. The highest BCUT2D eigenvalue weighted by Gasteiger charge is 2.28. The zero-order chi connectivity index (χ0) is 15.3. The highest BCUT2D eigenvalue weighted by Crippen LogP contribution is 2.22. The Morgan fingerprint density at radius 1 is 1.30 bits per heavy atom. The van der Waals surface area contributed by atoms with Crippen molar-refractivity contribution < 1.29 is 4.79 Å². The van der Waals surface area contributed by atoms with E-state index >= 15 is 0 Å². The van der Waals surface area contributed by atoms with Crippen molar-refractivity contribution in [3.8, 4) is 0 Å². The molecule has 2 atom stereocenters. The van der Waals surface area contributed by atoms with E-state index in [0.29, 0.717) is 13.1 Å². The largest absolute Gasteiger partial charge is 0.345 e. The van der Waals surface area contributed by atoms with Crippen LogP contribution in [0.4, 0.5) is 0 Å². The van der Waals surface area contributed by atoms with Crippen molar-refractivity contribution in [3.63, 3.8) is 0 Å². The Kier molecular flexibility index (Phi) is 5.72. The lowest BCUT2D eigenvalue weighted by Crippen LogP contribution is -2.43. The average Bonchev–Trinajstić information content (AvgIpc) is 2.45. The first-order valence-electron chi connectivity index (χ1n) is 7.04. The number of benzene rings is 1. The fourth-order valence-electron chi connectivity index (χ4n) is 2.25. The smallest absolute Gasteiger partial charge is 0.227 e. The number of nitrogens with two attached hydrogens (primary N) is 2. The third kappa shape index (κ3) is 4.32. The van der Waals surface area contributed by atoms with Gasteiger partial charge in [-0.1, -0.05) is 51.1 Å². The SMILES string of the molecule is CC(C(=O)N(C)CC(C)(C)CN)C(N)c1ccccc1. The Morgan fingerprint density at radius 2 is 1.85 bits per heavy atom. The molecule has 1 rings (SSSR count). The van der Waals surface area contributed by atoms with Crippen LogP contribution in [0.3, 0.4) is 0 Å². The van der Waals surface area contributed by atoms with E-state index in [1.807, 2.05) is 44.3 Å². The second-order valence-corrected chi connectivity index (χ2v) is 6.29. The van der Waals surface area contributed by atoms with Crippen LogP contribution in [-0.4, -0.2) is 30.9 Å². The number of hydrogen-bond acceptors (Lipinski definition) is 3. The molecule has 20 heavy (non-hydrogen) atoms. The van der Waals surface area contributed by atoms with Crippen molar-refractivity contribution >= 4 is 5.91 Å². The minimum atomic E-state index is -0.285. The summed E-state index contributed by atoms with van der Waals surface area (Å²) in [6.45, 7) is 7.17. The molecule has 112 valence electrons. The molecule has 0 spiro atoms. The van der Waals surface area contributed by atoms with E-state index in [1.165, 1.54) is 0 Å². The molecule has 2 unspecified atom stereocenters. The van der Waals surface area contributed by atoms with E-state index in [1.54, 1.807) is 4.90 Å². The Morgan fingerprint density at radius 3 is 2.35 bits per heavy atom. The zero-order valence-corrected chi connectivity index (χ0v) is 13.0. The molecule has 0 bridgehead atoms. The number of amides is 1. The maximum Gasteiger partial charge on any atom is 0.227 e. The molecule has 4 nitrogen and oxygen atoms in total. The summed E-state index contributed by atoms with van der Waals surface area (Å²) in [6, 6.07) is 9.45. The third-order valence-corrected chi connectivity index (χ3v) is 3.71. The van der Waals surface area contributed by atoms with Gasteiger partial charge >= 0.3 is 0 Å². The van der Waals surface area contributed by atoms with Crippen LogP contribution in [0.25, 0.3) is 0 Å². The number of hydrogen-bond donors (Lipinski definition) is 2. The molecule has 1 amide bonds. The third-order valence-electron chi connectivity index (χ3n) is 3.71. The number of carbonyl (C=O) groups excluding carboxylic acids is 1. The second-order valence-electron chi connectivity index (χ2n) is 6.29. The van der Waals surface area contributed by atoms with E-state index < -0.39 is 0 Å². The Bertz CT molecular complexity index is 431. The molecule has 1 aromatic carbocycles. The zero-order valence-electron chi connectivity index (χ0n) is 13.0. The summed E-state index contributed by atoms with van der Waals surface area (Å²) in [5, 5.41) is 0. The topological polar surface area (TPSA) is 72.3 Å². The monoisotopic (exact) mass is 277 g/mol. The summed E-state index contributed by atoms with van der Waals surface area (Å²) < 4.78 is 0. The van der Waals surface area contributed by atoms with E-state index in [4.69, 9.17) is 11.5 Å².